The Morgan fingerprint density at radius 3 is 2.16 bits per heavy atom. The highest BCUT2D eigenvalue weighted by atomic mass is 19.4. The SMILES string of the molecule is COc1cc(C)cc(C)c1C(O)(C(C)N)C(F)(F)F. The molecule has 6 heteroatoms. The average Bonchev–Trinajstić information content (AvgIpc) is 2.25. The van der Waals surface area contributed by atoms with E-state index in [2.05, 4.69) is 0 Å². The van der Waals surface area contributed by atoms with Crippen molar-refractivity contribution in [2.75, 3.05) is 7.11 Å². The Bertz CT molecular complexity index is 472. The van der Waals surface area contributed by atoms with Crippen LogP contribution >= 0.6 is 0 Å². The fourth-order valence-electron chi connectivity index (χ4n) is 2.21. The fraction of sp³-hybridized carbons (Fsp3) is 0.538. The second-order valence-corrected chi connectivity index (χ2v) is 4.71. The third-order valence-electron chi connectivity index (χ3n) is 3.14. The van der Waals surface area contributed by atoms with Gasteiger partial charge in [0.2, 0.25) is 5.60 Å². The van der Waals surface area contributed by atoms with Crippen LogP contribution in [0.5, 0.6) is 5.75 Å². The number of ether oxygens (including phenoxy) is 1. The van der Waals surface area contributed by atoms with Crippen LogP contribution in [0.25, 0.3) is 0 Å². The molecule has 0 bridgehead atoms. The Morgan fingerprint density at radius 2 is 1.79 bits per heavy atom. The van der Waals surface area contributed by atoms with Gasteiger partial charge in [-0.3, -0.25) is 0 Å². The summed E-state index contributed by atoms with van der Waals surface area (Å²) in [7, 11) is 1.26. The maximum atomic E-state index is 13.3. The molecule has 1 rings (SSSR count). The lowest BCUT2D eigenvalue weighted by Crippen LogP contribution is -2.54. The molecule has 0 aliphatic rings. The maximum Gasteiger partial charge on any atom is 0.423 e. The molecule has 2 atom stereocenters. The van der Waals surface area contributed by atoms with E-state index in [9.17, 15) is 18.3 Å². The molecule has 1 aromatic carbocycles. The predicted molar refractivity (Wildman–Crippen MR) is 66.1 cm³/mol. The molecule has 19 heavy (non-hydrogen) atoms. The van der Waals surface area contributed by atoms with Gasteiger partial charge >= 0.3 is 6.18 Å². The van der Waals surface area contributed by atoms with Gasteiger partial charge in [0.1, 0.15) is 5.75 Å². The first-order valence-corrected chi connectivity index (χ1v) is 5.76. The third-order valence-corrected chi connectivity index (χ3v) is 3.14. The minimum atomic E-state index is -4.89. The maximum absolute atomic E-state index is 13.3. The van der Waals surface area contributed by atoms with Gasteiger partial charge < -0.3 is 15.6 Å². The van der Waals surface area contributed by atoms with Crippen molar-refractivity contribution < 1.29 is 23.0 Å². The van der Waals surface area contributed by atoms with E-state index in [-0.39, 0.29) is 16.9 Å². The highest BCUT2D eigenvalue weighted by Gasteiger charge is 2.59. The van der Waals surface area contributed by atoms with Crippen molar-refractivity contribution >= 4 is 0 Å². The summed E-state index contributed by atoms with van der Waals surface area (Å²) >= 11 is 0. The van der Waals surface area contributed by atoms with Crippen molar-refractivity contribution in [3.05, 3.63) is 28.8 Å². The predicted octanol–water partition coefficient (Wildman–Crippen LogP) is 2.41. The molecule has 0 radical (unpaired) electrons. The van der Waals surface area contributed by atoms with Gasteiger partial charge in [-0.2, -0.15) is 13.2 Å². The number of rotatable bonds is 3. The summed E-state index contributed by atoms with van der Waals surface area (Å²) in [6.07, 6.45) is -4.89. The lowest BCUT2D eigenvalue weighted by Gasteiger charge is -2.36. The minimum absolute atomic E-state index is 0.0189. The van der Waals surface area contributed by atoms with Crippen LogP contribution in [0.2, 0.25) is 0 Å². The summed E-state index contributed by atoms with van der Waals surface area (Å²) < 4.78 is 44.7. The fourth-order valence-corrected chi connectivity index (χ4v) is 2.21. The van der Waals surface area contributed by atoms with Crippen molar-refractivity contribution in [2.45, 2.75) is 38.6 Å². The Morgan fingerprint density at radius 1 is 1.26 bits per heavy atom. The van der Waals surface area contributed by atoms with Crippen LogP contribution in [0.4, 0.5) is 13.2 Å². The molecule has 0 aliphatic heterocycles. The van der Waals surface area contributed by atoms with Gasteiger partial charge in [-0.15, -0.1) is 0 Å². The van der Waals surface area contributed by atoms with Crippen LogP contribution in [0.1, 0.15) is 23.6 Å². The Labute approximate surface area is 110 Å². The Hall–Kier alpha value is -1.27. The zero-order chi connectivity index (χ0) is 15.0. The second kappa shape index (κ2) is 5.02. The molecule has 3 N–H and O–H groups in total. The molecule has 0 spiro atoms. The van der Waals surface area contributed by atoms with E-state index in [4.69, 9.17) is 10.5 Å². The Kier molecular flexibility index (Phi) is 4.17. The zero-order valence-corrected chi connectivity index (χ0v) is 11.3. The van der Waals surface area contributed by atoms with E-state index in [1.165, 1.54) is 20.1 Å². The summed E-state index contributed by atoms with van der Waals surface area (Å²) in [4.78, 5) is 0. The van der Waals surface area contributed by atoms with Crippen LogP contribution < -0.4 is 10.5 Å². The van der Waals surface area contributed by atoms with E-state index in [0.717, 1.165) is 12.5 Å². The van der Waals surface area contributed by atoms with Crippen LogP contribution in [0.15, 0.2) is 12.1 Å². The minimum Gasteiger partial charge on any atom is -0.496 e. The van der Waals surface area contributed by atoms with Crippen molar-refractivity contribution in [3.63, 3.8) is 0 Å². The van der Waals surface area contributed by atoms with Crippen LogP contribution in [-0.4, -0.2) is 24.4 Å². The van der Waals surface area contributed by atoms with E-state index < -0.39 is 17.8 Å². The first kappa shape index (κ1) is 15.8. The standard InChI is InChI=1S/C13H18F3NO2/c1-7-5-8(2)11(10(6-7)19-4)12(18,9(3)17)13(14,15)16/h5-6,9,18H,17H2,1-4H3. The summed E-state index contributed by atoms with van der Waals surface area (Å²) in [5, 5.41) is 10.2. The molecule has 108 valence electrons. The van der Waals surface area contributed by atoms with Gasteiger partial charge in [0, 0.05) is 11.6 Å². The number of methoxy groups -OCH3 is 1. The van der Waals surface area contributed by atoms with Gasteiger partial charge in [-0.25, -0.2) is 0 Å². The van der Waals surface area contributed by atoms with E-state index in [0.29, 0.717) is 0 Å². The normalized spacial score (nSPS) is 16.9. The monoisotopic (exact) mass is 277 g/mol. The first-order valence-electron chi connectivity index (χ1n) is 5.76. The number of benzene rings is 1. The Balaban J connectivity index is 3.66. The molecule has 2 unspecified atom stereocenters. The molecule has 3 nitrogen and oxygen atoms in total. The second-order valence-electron chi connectivity index (χ2n) is 4.71. The largest absolute Gasteiger partial charge is 0.496 e. The smallest absolute Gasteiger partial charge is 0.423 e. The van der Waals surface area contributed by atoms with Crippen molar-refractivity contribution in [1.29, 1.82) is 0 Å². The lowest BCUT2D eigenvalue weighted by atomic mass is 9.83. The van der Waals surface area contributed by atoms with E-state index >= 15 is 0 Å². The highest BCUT2D eigenvalue weighted by molar-refractivity contribution is 5.48. The number of aryl methyl sites for hydroxylation is 2. The van der Waals surface area contributed by atoms with Gasteiger partial charge in [-0.1, -0.05) is 6.07 Å². The number of nitrogens with two attached hydrogens (primary N) is 1. The van der Waals surface area contributed by atoms with Crippen molar-refractivity contribution in [1.82, 2.24) is 0 Å². The molecular formula is C13H18F3NO2. The van der Waals surface area contributed by atoms with Crippen molar-refractivity contribution in [3.8, 4) is 5.75 Å². The lowest BCUT2D eigenvalue weighted by molar-refractivity contribution is -0.273. The number of alkyl halides is 3. The topological polar surface area (TPSA) is 55.5 Å². The number of hydrogen-bond acceptors (Lipinski definition) is 3. The van der Waals surface area contributed by atoms with Gasteiger partial charge in [0.15, 0.2) is 0 Å². The zero-order valence-electron chi connectivity index (χ0n) is 11.3. The van der Waals surface area contributed by atoms with Crippen LogP contribution in [-0.2, 0) is 5.60 Å². The van der Waals surface area contributed by atoms with Crippen LogP contribution in [0, 0.1) is 13.8 Å². The first-order chi connectivity index (χ1) is 8.55. The molecule has 0 saturated carbocycles. The summed E-state index contributed by atoms with van der Waals surface area (Å²) in [6.45, 7) is 4.34. The molecule has 0 heterocycles. The molecule has 0 amide bonds. The van der Waals surface area contributed by atoms with Crippen molar-refractivity contribution in [2.24, 2.45) is 5.73 Å². The summed E-state index contributed by atoms with van der Waals surface area (Å²) in [5.74, 6) is -0.0189. The molecule has 0 aliphatic carbocycles. The summed E-state index contributed by atoms with van der Waals surface area (Å²) in [6, 6.07) is 1.47. The summed E-state index contributed by atoms with van der Waals surface area (Å²) in [5.41, 5.74) is 2.95. The van der Waals surface area contributed by atoms with E-state index in [1.54, 1.807) is 13.0 Å². The number of aliphatic hydroxyl groups is 1. The molecule has 0 aromatic heterocycles. The van der Waals surface area contributed by atoms with E-state index in [1.807, 2.05) is 0 Å². The third kappa shape index (κ3) is 2.55. The highest BCUT2D eigenvalue weighted by Crippen LogP contribution is 2.46. The number of hydrogen-bond donors (Lipinski definition) is 2. The van der Waals surface area contributed by atoms with Crippen LogP contribution in [0.3, 0.4) is 0 Å². The molecular weight excluding hydrogens is 259 g/mol. The number of halogens is 3. The van der Waals surface area contributed by atoms with Gasteiger partial charge in [-0.05, 0) is 38.0 Å². The van der Waals surface area contributed by atoms with Gasteiger partial charge in [0.25, 0.3) is 0 Å². The molecule has 1 aromatic rings. The van der Waals surface area contributed by atoms with Gasteiger partial charge in [0.05, 0.1) is 7.11 Å². The molecule has 0 saturated heterocycles. The molecule has 0 fully saturated rings. The quantitative estimate of drug-likeness (QED) is 0.892. The average molecular weight is 277 g/mol.